The van der Waals surface area contributed by atoms with Crippen molar-refractivity contribution >= 4 is 68.7 Å². The molecule has 1 N–H and O–H groups in total. The van der Waals surface area contributed by atoms with E-state index in [1.807, 2.05) is 54.7 Å². The highest BCUT2D eigenvalue weighted by Crippen LogP contribution is 2.36. The first-order valence-corrected chi connectivity index (χ1v) is 11.3. The zero-order valence-corrected chi connectivity index (χ0v) is 18.9. The number of hydrogen-bond acceptors (Lipinski definition) is 4. The number of amidine groups is 1. The molecule has 0 unspecified atom stereocenters. The lowest BCUT2D eigenvalue weighted by Gasteiger charge is -2.07. The Bertz CT molecular complexity index is 1400. The molecule has 1 fully saturated rings. The first kappa shape index (κ1) is 20.8. The molecule has 32 heavy (non-hydrogen) atoms. The Balaban J connectivity index is 1.50. The van der Waals surface area contributed by atoms with Gasteiger partial charge >= 0.3 is 0 Å². The van der Waals surface area contributed by atoms with E-state index in [-0.39, 0.29) is 5.91 Å². The summed E-state index contributed by atoms with van der Waals surface area (Å²) in [4.78, 5) is 22.0. The first-order chi connectivity index (χ1) is 15.6. The molecule has 0 bridgehead atoms. The summed E-state index contributed by atoms with van der Waals surface area (Å²) in [6.07, 6.45) is 3.66. The van der Waals surface area contributed by atoms with Gasteiger partial charge in [0.25, 0.3) is 5.91 Å². The molecule has 7 heteroatoms. The number of aromatic nitrogens is 1. The molecule has 1 aliphatic heterocycles. The molecule has 1 saturated heterocycles. The fourth-order valence-corrected chi connectivity index (χ4v) is 4.76. The monoisotopic (exact) mass is 475 g/mol. The zero-order chi connectivity index (χ0) is 22.1. The van der Waals surface area contributed by atoms with Gasteiger partial charge < -0.3 is 5.32 Å². The van der Waals surface area contributed by atoms with E-state index < -0.39 is 0 Å². The third kappa shape index (κ3) is 4.15. The molecule has 0 saturated carbocycles. The van der Waals surface area contributed by atoms with E-state index in [4.69, 9.17) is 23.2 Å². The number of aliphatic imine (C=N–C) groups is 1. The highest BCUT2D eigenvalue weighted by atomic mass is 35.5. The van der Waals surface area contributed by atoms with Gasteiger partial charge in [0.05, 0.1) is 20.5 Å². The maximum atomic E-state index is 12.5. The summed E-state index contributed by atoms with van der Waals surface area (Å²) >= 11 is 13.6. The quantitative estimate of drug-likeness (QED) is 0.321. The van der Waals surface area contributed by atoms with Crippen molar-refractivity contribution in [1.82, 2.24) is 10.3 Å². The van der Waals surface area contributed by atoms with Crippen LogP contribution in [0.5, 0.6) is 0 Å². The van der Waals surface area contributed by atoms with E-state index in [9.17, 15) is 4.79 Å². The van der Waals surface area contributed by atoms with E-state index in [2.05, 4.69) is 27.4 Å². The zero-order valence-electron chi connectivity index (χ0n) is 16.5. The Kier molecular flexibility index (Phi) is 5.70. The maximum Gasteiger partial charge on any atom is 0.264 e. The minimum absolute atomic E-state index is 0.216. The summed E-state index contributed by atoms with van der Waals surface area (Å²) in [5, 5.41) is 5.08. The number of nitrogens with one attached hydrogen (secondary N) is 1. The summed E-state index contributed by atoms with van der Waals surface area (Å²) in [7, 11) is 0. The van der Waals surface area contributed by atoms with Crippen molar-refractivity contribution in [3.8, 4) is 11.1 Å². The van der Waals surface area contributed by atoms with Crippen LogP contribution in [0.3, 0.4) is 0 Å². The summed E-state index contributed by atoms with van der Waals surface area (Å²) in [6, 6.07) is 23.3. The van der Waals surface area contributed by atoms with Crippen LogP contribution in [0, 0.1) is 0 Å². The van der Waals surface area contributed by atoms with Crippen LogP contribution in [0.4, 0.5) is 5.69 Å². The number of thioether (sulfide) groups is 1. The number of halogens is 2. The molecule has 0 aliphatic carbocycles. The molecular weight excluding hydrogens is 461 g/mol. The minimum atomic E-state index is -0.216. The molecule has 5 rings (SSSR count). The molecule has 0 radical (unpaired) electrons. The fourth-order valence-electron chi connectivity index (χ4n) is 3.45. The van der Waals surface area contributed by atoms with Gasteiger partial charge in [-0.05, 0) is 64.9 Å². The number of amides is 1. The van der Waals surface area contributed by atoms with Crippen LogP contribution in [0.2, 0.25) is 10.0 Å². The minimum Gasteiger partial charge on any atom is -0.300 e. The van der Waals surface area contributed by atoms with E-state index in [0.717, 1.165) is 27.6 Å². The molecule has 0 spiro atoms. The van der Waals surface area contributed by atoms with Gasteiger partial charge in [-0.25, -0.2) is 4.99 Å². The van der Waals surface area contributed by atoms with Crippen molar-refractivity contribution in [2.75, 3.05) is 0 Å². The van der Waals surface area contributed by atoms with E-state index >= 15 is 0 Å². The number of rotatable bonds is 3. The molecule has 1 aliphatic rings. The molecule has 4 nitrogen and oxygen atoms in total. The van der Waals surface area contributed by atoms with Gasteiger partial charge in [-0.3, -0.25) is 9.78 Å². The third-order valence-corrected chi connectivity index (χ3v) is 6.47. The van der Waals surface area contributed by atoms with Gasteiger partial charge in [-0.1, -0.05) is 65.7 Å². The maximum absolute atomic E-state index is 12.5. The van der Waals surface area contributed by atoms with Crippen LogP contribution in [-0.2, 0) is 4.79 Å². The van der Waals surface area contributed by atoms with Gasteiger partial charge in [-0.2, -0.15) is 0 Å². The summed E-state index contributed by atoms with van der Waals surface area (Å²) in [5.41, 5.74) is 4.44. The second-order valence-corrected chi connectivity index (χ2v) is 8.90. The smallest absolute Gasteiger partial charge is 0.264 e. The van der Waals surface area contributed by atoms with Gasteiger partial charge in [0, 0.05) is 11.6 Å². The standard InChI is InChI=1S/C25H15Cl2N3OS/c26-19-7-4-8-20(27)23(19)29-25-30-24(31)22(32-25)14-15-9-10-21-18(13-15)17(11-12-28-21)16-5-2-1-3-6-16/h1-14H,(H,29,30,31)/b22-14-. The molecule has 0 atom stereocenters. The Labute approximate surface area is 199 Å². The second-order valence-electron chi connectivity index (χ2n) is 7.05. The number of carbonyl (C=O) groups is 1. The molecule has 4 aromatic rings. The predicted molar refractivity (Wildman–Crippen MR) is 134 cm³/mol. The lowest BCUT2D eigenvalue weighted by atomic mass is 10.00. The van der Waals surface area contributed by atoms with Crippen molar-refractivity contribution in [1.29, 1.82) is 0 Å². The number of para-hydroxylation sites is 1. The molecular formula is C25H15Cl2N3OS. The normalized spacial score (nSPS) is 16.1. The van der Waals surface area contributed by atoms with Gasteiger partial charge in [0.1, 0.15) is 5.69 Å². The SMILES string of the molecule is O=C1NC(=Nc2c(Cl)cccc2Cl)S/C1=C\c1ccc2nccc(-c3ccccc3)c2c1. The Morgan fingerprint density at radius 3 is 2.50 bits per heavy atom. The number of carbonyl (C=O) groups excluding carboxylic acids is 1. The fraction of sp³-hybridized carbons (Fsp3) is 0. The average molecular weight is 476 g/mol. The lowest BCUT2D eigenvalue weighted by Crippen LogP contribution is -2.19. The van der Waals surface area contributed by atoms with Crippen molar-refractivity contribution < 1.29 is 4.79 Å². The Morgan fingerprint density at radius 1 is 0.938 bits per heavy atom. The van der Waals surface area contributed by atoms with Gasteiger partial charge in [-0.15, -0.1) is 0 Å². The topological polar surface area (TPSA) is 54.4 Å². The lowest BCUT2D eigenvalue weighted by molar-refractivity contribution is -0.115. The summed E-state index contributed by atoms with van der Waals surface area (Å²) < 4.78 is 0. The van der Waals surface area contributed by atoms with Gasteiger partial charge in [0.2, 0.25) is 0 Å². The number of fused-ring (bicyclic) bond motifs is 1. The van der Waals surface area contributed by atoms with Crippen molar-refractivity contribution in [2.24, 2.45) is 4.99 Å². The second kappa shape index (κ2) is 8.79. The highest BCUT2D eigenvalue weighted by Gasteiger charge is 2.24. The van der Waals surface area contributed by atoms with Crippen LogP contribution in [0.25, 0.3) is 28.1 Å². The van der Waals surface area contributed by atoms with Crippen LogP contribution in [0.15, 0.2) is 88.9 Å². The molecule has 1 amide bonds. The summed E-state index contributed by atoms with van der Waals surface area (Å²) in [6.45, 7) is 0. The number of hydrogen-bond donors (Lipinski definition) is 1. The van der Waals surface area contributed by atoms with Crippen LogP contribution < -0.4 is 5.32 Å². The third-order valence-electron chi connectivity index (χ3n) is 4.95. The largest absolute Gasteiger partial charge is 0.300 e. The summed E-state index contributed by atoms with van der Waals surface area (Å²) in [5.74, 6) is -0.216. The first-order valence-electron chi connectivity index (χ1n) is 9.76. The van der Waals surface area contributed by atoms with E-state index in [1.165, 1.54) is 11.8 Å². The molecule has 156 valence electrons. The van der Waals surface area contributed by atoms with Crippen molar-refractivity contribution in [2.45, 2.75) is 0 Å². The van der Waals surface area contributed by atoms with Crippen molar-refractivity contribution in [3.63, 3.8) is 0 Å². The Morgan fingerprint density at radius 2 is 1.72 bits per heavy atom. The van der Waals surface area contributed by atoms with Crippen LogP contribution in [0.1, 0.15) is 5.56 Å². The number of nitrogens with zero attached hydrogens (tertiary/aromatic N) is 2. The average Bonchev–Trinajstić information content (AvgIpc) is 3.15. The van der Waals surface area contributed by atoms with Crippen molar-refractivity contribution in [3.05, 3.63) is 99.5 Å². The van der Waals surface area contributed by atoms with E-state index in [1.54, 1.807) is 18.2 Å². The molecule has 2 heterocycles. The highest BCUT2D eigenvalue weighted by molar-refractivity contribution is 8.18. The molecule has 3 aromatic carbocycles. The Hall–Kier alpha value is -3.12. The number of pyridine rings is 1. The number of benzene rings is 3. The molecule has 1 aromatic heterocycles. The van der Waals surface area contributed by atoms with Gasteiger partial charge in [0.15, 0.2) is 5.17 Å². The van der Waals surface area contributed by atoms with E-state index in [0.29, 0.717) is 25.8 Å². The van der Waals surface area contributed by atoms with Crippen LogP contribution in [-0.4, -0.2) is 16.1 Å². The van der Waals surface area contributed by atoms with Crippen LogP contribution >= 0.6 is 35.0 Å². The predicted octanol–water partition coefficient (Wildman–Crippen LogP) is 7.10.